The van der Waals surface area contributed by atoms with Crippen LogP contribution in [0.1, 0.15) is 6.42 Å². The summed E-state index contributed by atoms with van der Waals surface area (Å²) in [5.41, 5.74) is 0.947. The largest absolute Gasteiger partial charge is 0.477 e. The van der Waals surface area contributed by atoms with Crippen LogP contribution in [0, 0.1) is 0 Å². The average Bonchev–Trinajstić information content (AvgIpc) is 2.95. The number of nitrogens with one attached hydrogen (secondary N) is 1. The minimum absolute atomic E-state index is 0.0431. The summed E-state index contributed by atoms with van der Waals surface area (Å²) < 4.78 is 11.1. The van der Waals surface area contributed by atoms with Gasteiger partial charge in [-0.05, 0) is 18.6 Å². The van der Waals surface area contributed by atoms with Crippen LogP contribution in [-0.4, -0.2) is 49.8 Å². The maximum absolute atomic E-state index is 12.4. The molecule has 0 aromatic heterocycles. The molecule has 0 spiro atoms. The fourth-order valence-corrected chi connectivity index (χ4v) is 2.58. The summed E-state index contributed by atoms with van der Waals surface area (Å²) in [4.78, 5) is 14.2. The molecule has 1 saturated heterocycles. The van der Waals surface area contributed by atoms with Gasteiger partial charge in [0.05, 0.1) is 18.3 Å². The Balaban J connectivity index is 1.66. The van der Waals surface area contributed by atoms with Crippen LogP contribution < -0.4 is 10.1 Å². The molecule has 2 aliphatic rings. The zero-order valence-corrected chi connectivity index (χ0v) is 11.0. The molecular weight excluding hydrogens is 244 g/mol. The van der Waals surface area contributed by atoms with E-state index in [1.807, 2.05) is 29.2 Å². The third-order valence-electron chi connectivity index (χ3n) is 3.70. The standard InChI is InChI=1S/C14H18N2O3/c1-18-10-6-7-16(9-10)14(17)13-8-15-11-4-2-3-5-12(11)19-13/h2-5,10,13,15H,6-9H2,1H3. The van der Waals surface area contributed by atoms with Crippen LogP contribution in [0.3, 0.4) is 0 Å². The number of hydrogen-bond acceptors (Lipinski definition) is 4. The van der Waals surface area contributed by atoms with Gasteiger partial charge in [-0.3, -0.25) is 4.79 Å². The molecule has 2 heterocycles. The van der Waals surface area contributed by atoms with Gasteiger partial charge in [0.1, 0.15) is 5.75 Å². The van der Waals surface area contributed by atoms with Crippen LogP contribution in [0.5, 0.6) is 5.75 Å². The number of ether oxygens (including phenoxy) is 2. The van der Waals surface area contributed by atoms with Gasteiger partial charge >= 0.3 is 0 Å². The molecule has 1 aromatic carbocycles. The zero-order chi connectivity index (χ0) is 13.2. The summed E-state index contributed by atoms with van der Waals surface area (Å²) in [5.74, 6) is 0.788. The van der Waals surface area contributed by atoms with Crippen LogP contribution in [-0.2, 0) is 9.53 Å². The first-order chi connectivity index (χ1) is 9.28. The Bertz CT molecular complexity index is 478. The van der Waals surface area contributed by atoms with Crippen molar-refractivity contribution in [1.29, 1.82) is 0 Å². The molecule has 1 fully saturated rings. The highest BCUT2D eigenvalue weighted by atomic mass is 16.5. The summed E-state index contributed by atoms with van der Waals surface area (Å²) >= 11 is 0. The van der Waals surface area contributed by atoms with Crippen molar-refractivity contribution >= 4 is 11.6 Å². The first kappa shape index (κ1) is 12.3. The molecule has 5 heteroatoms. The van der Waals surface area contributed by atoms with Crippen molar-refractivity contribution in [3.63, 3.8) is 0 Å². The number of carbonyl (C=O) groups is 1. The fraction of sp³-hybridized carbons (Fsp3) is 0.500. The number of anilines is 1. The molecular formula is C14H18N2O3. The van der Waals surface area contributed by atoms with Gasteiger partial charge in [-0.2, -0.15) is 0 Å². The van der Waals surface area contributed by atoms with Crippen LogP contribution >= 0.6 is 0 Å². The number of hydrogen-bond donors (Lipinski definition) is 1. The number of likely N-dealkylation sites (tertiary alicyclic amines) is 1. The highest BCUT2D eigenvalue weighted by Crippen LogP contribution is 2.29. The molecule has 1 amide bonds. The van der Waals surface area contributed by atoms with E-state index < -0.39 is 6.10 Å². The molecule has 3 rings (SSSR count). The summed E-state index contributed by atoms with van der Waals surface area (Å²) in [6, 6.07) is 7.68. The van der Waals surface area contributed by atoms with E-state index in [4.69, 9.17) is 9.47 Å². The number of fused-ring (bicyclic) bond motifs is 1. The predicted molar refractivity (Wildman–Crippen MR) is 71.3 cm³/mol. The number of para-hydroxylation sites is 2. The number of nitrogens with zero attached hydrogens (tertiary/aromatic N) is 1. The van der Waals surface area contributed by atoms with Crippen molar-refractivity contribution in [3.8, 4) is 5.75 Å². The summed E-state index contributed by atoms with van der Waals surface area (Å²) in [7, 11) is 1.69. The maximum Gasteiger partial charge on any atom is 0.265 e. The van der Waals surface area contributed by atoms with Crippen molar-refractivity contribution in [3.05, 3.63) is 24.3 Å². The topological polar surface area (TPSA) is 50.8 Å². The molecule has 19 heavy (non-hydrogen) atoms. The van der Waals surface area contributed by atoms with Gasteiger partial charge in [-0.15, -0.1) is 0 Å². The third-order valence-corrected chi connectivity index (χ3v) is 3.70. The molecule has 1 N–H and O–H groups in total. The Morgan fingerprint density at radius 2 is 2.32 bits per heavy atom. The van der Waals surface area contributed by atoms with Gasteiger partial charge in [0.15, 0.2) is 6.10 Å². The second-order valence-electron chi connectivity index (χ2n) is 4.91. The Morgan fingerprint density at radius 3 is 3.11 bits per heavy atom. The Hall–Kier alpha value is -1.75. The molecule has 102 valence electrons. The van der Waals surface area contributed by atoms with E-state index in [2.05, 4.69) is 5.32 Å². The van der Waals surface area contributed by atoms with Gasteiger partial charge in [0.25, 0.3) is 5.91 Å². The number of carbonyl (C=O) groups excluding carboxylic acids is 1. The number of amides is 1. The fourth-order valence-electron chi connectivity index (χ4n) is 2.58. The van der Waals surface area contributed by atoms with Gasteiger partial charge in [0.2, 0.25) is 0 Å². The molecule has 5 nitrogen and oxygen atoms in total. The van der Waals surface area contributed by atoms with Crippen molar-refractivity contribution < 1.29 is 14.3 Å². The van der Waals surface area contributed by atoms with Gasteiger partial charge in [-0.25, -0.2) is 0 Å². The molecule has 2 unspecified atom stereocenters. The van der Waals surface area contributed by atoms with Crippen molar-refractivity contribution in [2.75, 3.05) is 32.1 Å². The second-order valence-corrected chi connectivity index (χ2v) is 4.91. The molecule has 2 atom stereocenters. The minimum atomic E-state index is -0.439. The van der Waals surface area contributed by atoms with E-state index in [1.54, 1.807) is 7.11 Å². The van der Waals surface area contributed by atoms with Crippen LogP contribution in [0.2, 0.25) is 0 Å². The van der Waals surface area contributed by atoms with Crippen molar-refractivity contribution in [2.24, 2.45) is 0 Å². The first-order valence-electron chi connectivity index (χ1n) is 6.59. The number of benzene rings is 1. The Labute approximate surface area is 112 Å². The van der Waals surface area contributed by atoms with E-state index >= 15 is 0 Å². The maximum atomic E-state index is 12.4. The summed E-state index contributed by atoms with van der Waals surface area (Å²) in [6.07, 6.45) is 0.622. The average molecular weight is 262 g/mol. The predicted octanol–water partition coefficient (Wildman–Crippen LogP) is 1.11. The lowest BCUT2D eigenvalue weighted by atomic mass is 10.2. The number of methoxy groups -OCH3 is 1. The summed E-state index contributed by atoms with van der Waals surface area (Å²) in [5, 5.41) is 3.24. The SMILES string of the molecule is COC1CCN(C(=O)C2CNc3ccccc3O2)C1. The third kappa shape index (κ3) is 2.38. The van der Waals surface area contributed by atoms with Crippen molar-refractivity contribution in [2.45, 2.75) is 18.6 Å². The molecule has 0 aliphatic carbocycles. The lowest BCUT2D eigenvalue weighted by Crippen LogP contribution is -2.46. The smallest absolute Gasteiger partial charge is 0.265 e. The normalized spacial score (nSPS) is 25.4. The Kier molecular flexibility index (Phi) is 3.29. The molecule has 0 radical (unpaired) electrons. The second kappa shape index (κ2) is 5.09. The van der Waals surface area contributed by atoms with E-state index in [0.29, 0.717) is 13.1 Å². The van der Waals surface area contributed by atoms with Crippen LogP contribution in [0.25, 0.3) is 0 Å². The van der Waals surface area contributed by atoms with E-state index in [1.165, 1.54) is 0 Å². The molecule has 1 aromatic rings. The lowest BCUT2D eigenvalue weighted by Gasteiger charge is -2.29. The monoisotopic (exact) mass is 262 g/mol. The van der Waals surface area contributed by atoms with Crippen molar-refractivity contribution in [1.82, 2.24) is 4.90 Å². The van der Waals surface area contributed by atoms with E-state index in [0.717, 1.165) is 24.4 Å². The van der Waals surface area contributed by atoms with Gasteiger partial charge in [-0.1, -0.05) is 12.1 Å². The van der Waals surface area contributed by atoms with Crippen LogP contribution in [0.15, 0.2) is 24.3 Å². The van der Waals surface area contributed by atoms with E-state index in [9.17, 15) is 4.79 Å². The summed E-state index contributed by atoms with van der Waals surface area (Å²) in [6.45, 7) is 1.93. The van der Waals surface area contributed by atoms with Crippen LogP contribution in [0.4, 0.5) is 5.69 Å². The zero-order valence-electron chi connectivity index (χ0n) is 11.0. The minimum Gasteiger partial charge on any atom is -0.477 e. The quantitative estimate of drug-likeness (QED) is 0.867. The first-order valence-corrected chi connectivity index (χ1v) is 6.59. The number of rotatable bonds is 2. The molecule has 0 bridgehead atoms. The van der Waals surface area contributed by atoms with Gasteiger partial charge in [0, 0.05) is 20.2 Å². The molecule has 2 aliphatic heterocycles. The Morgan fingerprint density at radius 1 is 1.47 bits per heavy atom. The van der Waals surface area contributed by atoms with Gasteiger partial charge < -0.3 is 19.7 Å². The molecule has 0 saturated carbocycles. The van der Waals surface area contributed by atoms with E-state index in [-0.39, 0.29) is 12.0 Å². The lowest BCUT2D eigenvalue weighted by molar-refractivity contribution is -0.137. The highest BCUT2D eigenvalue weighted by molar-refractivity contribution is 5.83. The highest BCUT2D eigenvalue weighted by Gasteiger charge is 2.33.